The molecular formula is C16H16BrFO. The van der Waals surface area contributed by atoms with Gasteiger partial charge in [0.15, 0.2) is 0 Å². The molecule has 0 atom stereocenters. The van der Waals surface area contributed by atoms with Crippen molar-refractivity contribution < 1.29 is 9.13 Å². The number of hydrogen-bond donors (Lipinski definition) is 0. The molecule has 0 aliphatic carbocycles. The van der Waals surface area contributed by atoms with Gasteiger partial charge in [0.05, 0.1) is 4.47 Å². The lowest BCUT2D eigenvalue weighted by molar-refractivity contribution is 0.300. The van der Waals surface area contributed by atoms with E-state index in [1.807, 2.05) is 30.3 Å². The number of benzene rings is 2. The number of hydrogen-bond acceptors (Lipinski definition) is 1. The van der Waals surface area contributed by atoms with E-state index in [1.165, 1.54) is 6.07 Å². The molecule has 0 spiro atoms. The average Bonchev–Trinajstić information content (AvgIpc) is 2.40. The zero-order valence-electron chi connectivity index (χ0n) is 11.0. The lowest BCUT2D eigenvalue weighted by atomic mass is 10.0. The van der Waals surface area contributed by atoms with E-state index in [9.17, 15) is 4.39 Å². The second kappa shape index (κ2) is 6.20. The van der Waals surface area contributed by atoms with Gasteiger partial charge < -0.3 is 4.74 Å². The Morgan fingerprint density at radius 3 is 2.47 bits per heavy atom. The fourth-order valence-corrected chi connectivity index (χ4v) is 2.22. The maximum atomic E-state index is 13.6. The Hall–Kier alpha value is -1.35. The summed E-state index contributed by atoms with van der Waals surface area (Å²) in [7, 11) is 0. The monoisotopic (exact) mass is 322 g/mol. The van der Waals surface area contributed by atoms with Gasteiger partial charge in [-0.25, -0.2) is 4.39 Å². The molecule has 0 radical (unpaired) electrons. The quantitative estimate of drug-likeness (QED) is 0.743. The Labute approximate surface area is 121 Å². The standard InChI is InChI=1S/C16H16BrFO/c1-11(2)13-8-14(17)15(18)9-16(13)19-10-12-6-4-3-5-7-12/h3-9,11H,10H2,1-2H3. The molecule has 0 N–H and O–H groups in total. The summed E-state index contributed by atoms with van der Waals surface area (Å²) in [4.78, 5) is 0. The molecule has 2 rings (SSSR count). The molecule has 0 saturated heterocycles. The zero-order chi connectivity index (χ0) is 13.8. The van der Waals surface area contributed by atoms with Crippen molar-refractivity contribution in [1.29, 1.82) is 0 Å². The van der Waals surface area contributed by atoms with Gasteiger partial charge in [0, 0.05) is 6.07 Å². The topological polar surface area (TPSA) is 9.23 Å². The van der Waals surface area contributed by atoms with Gasteiger partial charge in [0.2, 0.25) is 0 Å². The van der Waals surface area contributed by atoms with Crippen molar-refractivity contribution in [2.75, 3.05) is 0 Å². The Morgan fingerprint density at radius 2 is 1.84 bits per heavy atom. The van der Waals surface area contributed by atoms with E-state index in [2.05, 4.69) is 29.8 Å². The molecule has 3 heteroatoms. The minimum Gasteiger partial charge on any atom is -0.489 e. The van der Waals surface area contributed by atoms with Crippen LogP contribution in [0.25, 0.3) is 0 Å². The average molecular weight is 323 g/mol. The van der Waals surface area contributed by atoms with Crippen LogP contribution >= 0.6 is 15.9 Å². The van der Waals surface area contributed by atoms with Gasteiger partial charge >= 0.3 is 0 Å². The third kappa shape index (κ3) is 3.57. The third-order valence-corrected chi connectivity index (χ3v) is 3.52. The fraction of sp³-hybridized carbons (Fsp3) is 0.250. The smallest absolute Gasteiger partial charge is 0.141 e. The lowest BCUT2D eigenvalue weighted by Gasteiger charge is -2.15. The first-order chi connectivity index (χ1) is 9.08. The predicted octanol–water partition coefficient (Wildman–Crippen LogP) is 5.29. The zero-order valence-corrected chi connectivity index (χ0v) is 12.6. The van der Waals surface area contributed by atoms with E-state index in [0.717, 1.165) is 11.1 Å². The van der Waals surface area contributed by atoms with Crippen LogP contribution in [0.4, 0.5) is 4.39 Å². The summed E-state index contributed by atoms with van der Waals surface area (Å²) in [5, 5.41) is 0. The van der Waals surface area contributed by atoms with Gasteiger partial charge in [-0.15, -0.1) is 0 Å². The van der Waals surface area contributed by atoms with E-state index in [0.29, 0.717) is 16.8 Å². The highest BCUT2D eigenvalue weighted by Gasteiger charge is 2.12. The van der Waals surface area contributed by atoms with Gasteiger partial charge in [-0.3, -0.25) is 0 Å². The van der Waals surface area contributed by atoms with E-state index in [1.54, 1.807) is 6.07 Å². The molecular weight excluding hydrogens is 307 g/mol. The van der Waals surface area contributed by atoms with Gasteiger partial charge in [0.1, 0.15) is 18.2 Å². The summed E-state index contributed by atoms with van der Waals surface area (Å²) >= 11 is 3.21. The van der Waals surface area contributed by atoms with Crippen LogP contribution in [-0.2, 0) is 6.61 Å². The Kier molecular flexibility index (Phi) is 4.59. The summed E-state index contributed by atoms with van der Waals surface area (Å²) < 4.78 is 19.9. The van der Waals surface area contributed by atoms with E-state index in [-0.39, 0.29) is 11.7 Å². The van der Waals surface area contributed by atoms with Crippen molar-refractivity contribution in [2.45, 2.75) is 26.4 Å². The first-order valence-electron chi connectivity index (χ1n) is 6.23. The maximum Gasteiger partial charge on any atom is 0.141 e. The molecule has 0 aliphatic rings. The normalized spacial score (nSPS) is 10.8. The molecule has 0 saturated carbocycles. The largest absolute Gasteiger partial charge is 0.489 e. The molecule has 0 unspecified atom stereocenters. The first kappa shape index (κ1) is 14.1. The van der Waals surface area contributed by atoms with Crippen molar-refractivity contribution >= 4 is 15.9 Å². The van der Waals surface area contributed by atoms with Crippen LogP contribution in [0.5, 0.6) is 5.75 Å². The third-order valence-electron chi connectivity index (χ3n) is 2.91. The van der Waals surface area contributed by atoms with Gasteiger partial charge in [-0.05, 0) is 39.0 Å². The molecule has 2 aromatic rings. The van der Waals surface area contributed by atoms with Crippen LogP contribution in [0.2, 0.25) is 0 Å². The number of halogens is 2. The maximum absolute atomic E-state index is 13.6. The molecule has 0 bridgehead atoms. The molecule has 0 aromatic heterocycles. The van der Waals surface area contributed by atoms with Crippen LogP contribution in [0.1, 0.15) is 30.9 Å². The second-order valence-corrected chi connectivity index (χ2v) is 5.59. The summed E-state index contributed by atoms with van der Waals surface area (Å²) in [6.07, 6.45) is 0. The van der Waals surface area contributed by atoms with E-state index >= 15 is 0 Å². The Balaban J connectivity index is 2.22. The van der Waals surface area contributed by atoms with Crippen molar-refractivity contribution in [3.63, 3.8) is 0 Å². The van der Waals surface area contributed by atoms with Crippen molar-refractivity contribution in [1.82, 2.24) is 0 Å². The van der Waals surface area contributed by atoms with Crippen molar-refractivity contribution in [3.05, 3.63) is 63.9 Å². The Bertz CT molecular complexity index is 552. The van der Waals surface area contributed by atoms with Gasteiger partial charge in [-0.1, -0.05) is 44.2 Å². The minimum absolute atomic E-state index is 0.280. The SMILES string of the molecule is CC(C)c1cc(Br)c(F)cc1OCc1ccccc1. The molecule has 0 fully saturated rings. The van der Waals surface area contributed by atoms with Crippen LogP contribution in [0, 0.1) is 5.82 Å². The molecule has 100 valence electrons. The summed E-state index contributed by atoms with van der Waals surface area (Å²) in [5.41, 5.74) is 2.07. The summed E-state index contributed by atoms with van der Waals surface area (Å²) in [5.74, 6) is 0.592. The van der Waals surface area contributed by atoms with E-state index < -0.39 is 0 Å². The molecule has 2 aromatic carbocycles. The van der Waals surface area contributed by atoms with Crippen molar-refractivity contribution in [3.8, 4) is 5.75 Å². The highest BCUT2D eigenvalue weighted by Crippen LogP contribution is 2.32. The fourth-order valence-electron chi connectivity index (χ4n) is 1.86. The van der Waals surface area contributed by atoms with Crippen LogP contribution in [0.15, 0.2) is 46.9 Å². The summed E-state index contributed by atoms with van der Waals surface area (Å²) in [6, 6.07) is 13.1. The predicted molar refractivity (Wildman–Crippen MR) is 79.0 cm³/mol. The van der Waals surface area contributed by atoms with E-state index in [4.69, 9.17) is 4.74 Å². The van der Waals surface area contributed by atoms with Crippen LogP contribution in [0.3, 0.4) is 0 Å². The number of rotatable bonds is 4. The Morgan fingerprint density at radius 1 is 1.16 bits per heavy atom. The molecule has 0 amide bonds. The second-order valence-electron chi connectivity index (χ2n) is 4.73. The van der Waals surface area contributed by atoms with Crippen molar-refractivity contribution in [2.24, 2.45) is 0 Å². The summed E-state index contributed by atoms with van der Waals surface area (Å²) in [6.45, 7) is 4.58. The molecule has 0 heterocycles. The molecule has 0 aliphatic heterocycles. The lowest BCUT2D eigenvalue weighted by Crippen LogP contribution is -2.01. The molecule has 1 nitrogen and oxygen atoms in total. The minimum atomic E-state index is -0.299. The van der Waals surface area contributed by atoms with Gasteiger partial charge in [-0.2, -0.15) is 0 Å². The van der Waals surface area contributed by atoms with Crippen LogP contribution in [-0.4, -0.2) is 0 Å². The number of ether oxygens (including phenoxy) is 1. The first-order valence-corrected chi connectivity index (χ1v) is 7.03. The highest BCUT2D eigenvalue weighted by atomic mass is 79.9. The van der Waals surface area contributed by atoms with Gasteiger partial charge in [0.25, 0.3) is 0 Å². The highest BCUT2D eigenvalue weighted by molar-refractivity contribution is 9.10. The molecule has 19 heavy (non-hydrogen) atoms. The van der Waals surface area contributed by atoms with Crippen LogP contribution < -0.4 is 4.74 Å².